The van der Waals surface area contributed by atoms with Crippen molar-refractivity contribution in [1.82, 2.24) is 19.2 Å². The maximum absolute atomic E-state index is 12.1. The number of rotatable bonds is 4. The molecule has 2 fully saturated rings. The highest BCUT2D eigenvalue weighted by Crippen LogP contribution is 2.30. The Balaban J connectivity index is 1.66. The maximum Gasteiger partial charge on any atom is 0.279 e. The summed E-state index contributed by atoms with van der Waals surface area (Å²) in [6, 6.07) is 0.115. The van der Waals surface area contributed by atoms with Crippen LogP contribution in [0.5, 0.6) is 0 Å². The highest BCUT2D eigenvalue weighted by molar-refractivity contribution is 7.87. The summed E-state index contributed by atoms with van der Waals surface area (Å²) in [4.78, 5) is 4.17. The topological polar surface area (TPSA) is 114 Å². The number of nitrogens with one attached hydrogen (secondary N) is 1. The fourth-order valence-corrected chi connectivity index (χ4v) is 3.81. The van der Waals surface area contributed by atoms with E-state index in [4.69, 9.17) is 10.3 Å². The van der Waals surface area contributed by atoms with Crippen molar-refractivity contribution >= 4 is 10.2 Å². The number of hydrogen-bond donors (Lipinski definition) is 2. The number of aromatic nitrogens is 2. The monoisotopic (exact) mass is 301 g/mol. The van der Waals surface area contributed by atoms with Crippen molar-refractivity contribution in [3.63, 3.8) is 0 Å². The molecule has 9 heteroatoms. The van der Waals surface area contributed by atoms with Gasteiger partial charge in [-0.15, -0.1) is 0 Å². The van der Waals surface area contributed by atoms with Crippen LogP contribution in [0.4, 0.5) is 0 Å². The normalized spacial score (nSPS) is 23.9. The molecule has 0 unspecified atom stereocenters. The van der Waals surface area contributed by atoms with Crippen LogP contribution < -0.4 is 10.5 Å². The third kappa shape index (κ3) is 2.71. The second-order valence-corrected chi connectivity index (χ2v) is 7.29. The van der Waals surface area contributed by atoms with Crippen LogP contribution in [-0.4, -0.2) is 42.0 Å². The molecule has 3 N–H and O–H groups in total. The predicted octanol–water partition coefficient (Wildman–Crippen LogP) is -0.375. The molecule has 3 rings (SSSR count). The molecule has 0 radical (unpaired) electrons. The lowest BCUT2D eigenvalue weighted by Gasteiger charge is -2.36. The van der Waals surface area contributed by atoms with Crippen molar-refractivity contribution in [3.8, 4) is 0 Å². The van der Waals surface area contributed by atoms with Crippen LogP contribution in [0.2, 0.25) is 0 Å². The number of piperidine rings is 1. The van der Waals surface area contributed by atoms with Crippen LogP contribution in [0.15, 0.2) is 4.52 Å². The Morgan fingerprint density at radius 3 is 2.55 bits per heavy atom. The van der Waals surface area contributed by atoms with Crippen molar-refractivity contribution in [2.45, 2.75) is 44.2 Å². The van der Waals surface area contributed by atoms with Crippen molar-refractivity contribution in [2.75, 3.05) is 13.1 Å². The van der Waals surface area contributed by atoms with E-state index in [2.05, 4.69) is 14.9 Å². The highest BCUT2D eigenvalue weighted by Gasteiger charge is 2.40. The van der Waals surface area contributed by atoms with Gasteiger partial charge in [-0.3, -0.25) is 0 Å². The van der Waals surface area contributed by atoms with Gasteiger partial charge in [0.05, 0.1) is 5.54 Å². The van der Waals surface area contributed by atoms with Gasteiger partial charge in [-0.25, -0.2) is 0 Å². The molecule has 0 bridgehead atoms. The molecule has 0 aromatic carbocycles. The van der Waals surface area contributed by atoms with E-state index >= 15 is 0 Å². The zero-order valence-corrected chi connectivity index (χ0v) is 12.2. The lowest BCUT2D eigenvalue weighted by Crippen LogP contribution is -2.53. The molecule has 0 amide bonds. The Labute approximate surface area is 117 Å². The second-order valence-electron chi connectivity index (χ2n) is 5.59. The number of nitrogens with zero attached hydrogens (tertiary/aromatic N) is 3. The van der Waals surface area contributed by atoms with E-state index in [1.165, 1.54) is 4.31 Å². The minimum Gasteiger partial charge on any atom is -0.340 e. The molecule has 2 aliphatic rings. The molecule has 1 saturated heterocycles. The molecule has 1 aliphatic carbocycles. The summed E-state index contributed by atoms with van der Waals surface area (Å²) in [5.41, 5.74) is 5.58. The van der Waals surface area contributed by atoms with Gasteiger partial charge < -0.3 is 10.3 Å². The molecule has 1 aromatic heterocycles. The molecule has 8 nitrogen and oxygen atoms in total. The van der Waals surface area contributed by atoms with Crippen LogP contribution >= 0.6 is 0 Å². The summed E-state index contributed by atoms with van der Waals surface area (Å²) in [5, 5.41) is 3.86. The third-order valence-electron chi connectivity index (χ3n) is 3.82. The molecule has 0 atom stereocenters. The Morgan fingerprint density at radius 2 is 2.05 bits per heavy atom. The van der Waals surface area contributed by atoms with E-state index in [0.29, 0.717) is 37.6 Å². The molecule has 1 aromatic rings. The molecule has 0 spiro atoms. The molecule has 112 valence electrons. The minimum atomic E-state index is -3.38. The second kappa shape index (κ2) is 4.76. The van der Waals surface area contributed by atoms with Gasteiger partial charge in [-0.2, -0.15) is 22.4 Å². The molecule has 1 saturated carbocycles. The summed E-state index contributed by atoms with van der Waals surface area (Å²) in [6.07, 6.45) is 2.82. The summed E-state index contributed by atoms with van der Waals surface area (Å²) >= 11 is 0. The van der Waals surface area contributed by atoms with Gasteiger partial charge in [0.1, 0.15) is 0 Å². The molecular weight excluding hydrogens is 282 g/mol. The largest absolute Gasteiger partial charge is 0.340 e. The molecule has 1 aliphatic heterocycles. The van der Waals surface area contributed by atoms with Crippen molar-refractivity contribution < 1.29 is 12.9 Å². The fourth-order valence-electron chi connectivity index (χ4n) is 2.34. The number of nitrogens with two attached hydrogens (primary N) is 1. The molecule has 20 heavy (non-hydrogen) atoms. The molecule has 2 heterocycles. The van der Waals surface area contributed by atoms with E-state index in [1.54, 1.807) is 6.92 Å². The van der Waals surface area contributed by atoms with Gasteiger partial charge in [-0.1, -0.05) is 5.16 Å². The predicted molar refractivity (Wildman–Crippen MR) is 70.8 cm³/mol. The first-order valence-electron chi connectivity index (χ1n) is 6.76. The van der Waals surface area contributed by atoms with Crippen LogP contribution in [-0.2, 0) is 15.7 Å². The van der Waals surface area contributed by atoms with E-state index < -0.39 is 15.7 Å². The summed E-state index contributed by atoms with van der Waals surface area (Å²) in [6.45, 7) is 2.44. The summed E-state index contributed by atoms with van der Waals surface area (Å²) < 4.78 is 33.3. The van der Waals surface area contributed by atoms with E-state index in [-0.39, 0.29) is 6.04 Å². The first-order valence-corrected chi connectivity index (χ1v) is 8.20. The average Bonchev–Trinajstić information content (AvgIpc) is 3.07. The van der Waals surface area contributed by atoms with Gasteiger partial charge in [0, 0.05) is 26.1 Å². The quantitative estimate of drug-likeness (QED) is 0.784. The summed E-state index contributed by atoms with van der Waals surface area (Å²) in [7, 11) is -3.38. The number of aryl methyl sites for hydroxylation is 1. The third-order valence-corrected chi connectivity index (χ3v) is 5.50. The highest BCUT2D eigenvalue weighted by atomic mass is 32.2. The van der Waals surface area contributed by atoms with Crippen molar-refractivity contribution in [1.29, 1.82) is 0 Å². The van der Waals surface area contributed by atoms with Crippen LogP contribution in [0, 0.1) is 6.92 Å². The Kier molecular flexibility index (Phi) is 3.32. The lowest BCUT2D eigenvalue weighted by atomic mass is 9.89. The van der Waals surface area contributed by atoms with E-state index in [0.717, 1.165) is 12.8 Å². The standard InChI is InChI=1S/C11H19N5O3S/c1-8-13-10(14-19-8)11(12)4-6-16(7-5-11)20(17,18)15-9-2-3-9/h9,15H,2-7,12H2,1H3. The van der Waals surface area contributed by atoms with Gasteiger partial charge in [0.25, 0.3) is 10.2 Å². The SMILES string of the molecule is Cc1nc(C2(N)CCN(S(=O)(=O)NC3CC3)CC2)no1. The van der Waals surface area contributed by atoms with Crippen LogP contribution in [0.3, 0.4) is 0 Å². The fraction of sp³-hybridized carbons (Fsp3) is 0.818. The smallest absolute Gasteiger partial charge is 0.279 e. The first kappa shape index (κ1) is 13.9. The maximum atomic E-state index is 12.1. The van der Waals surface area contributed by atoms with Gasteiger partial charge in [0.2, 0.25) is 5.89 Å². The van der Waals surface area contributed by atoms with Gasteiger partial charge in [0.15, 0.2) is 5.82 Å². The first-order chi connectivity index (χ1) is 9.39. The zero-order valence-electron chi connectivity index (χ0n) is 11.4. The van der Waals surface area contributed by atoms with E-state index in [9.17, 15) is 8.42 Å². The Bertz CT molecular complexity index is 587. The molecular formula is C11H19N5O3S. The number of hydrogen-bond acceptors (Lipinski definition) is 6. The zero-order chi connectivity index (χ0) is 14.4. The van der Waals surface area contributed by atoms with Crippen molar-refractivity contribution in [2.24, 2.45) is 5.73 Å². The Hall–Kier alpha value is -1.03. The summed E-state index contributed by atoms with van der Waals surface area (Å²) in [5.74, 6) is 0.928. The minimum absolute atomic E-state index is 0.115. The lowest BCUT2D eigenvalue weighted by molar-refractivity contribution is 0.221. The van der Waals surface area contributed by atoms with Crippen LogP contribution in [0.1, 0.15) is 37.4 Å². The van der Waals surface area contributed by atoms with Gasteiger partial charge in [-0.05, 0) is 25.7 Å². The average molecular weight is 301 g/mol. The van der Waals surface area contributed by atoms with E-state index in [1.807, 2.05) is 0 Å². The van der Waals surface area contributed by atoms with Gasteiger partial charge >= 0.3 is 0 Å². The van der Waals surface area contributed by atoms with Crippen LogP contribution in [0.25, 0.3) is 0 Å². The Morgan fingerprint density at radius 1 is 1.40 bits per heavy atom. The van der Waals surface area contributed by atoms with Crippen molar-refractivity contribution in [3.05, 3.63) is 11.7 Å².